The van der Waals surface area contributed by atoms with E-state index < -0.39 is 0 Å². The van der Waals surface area contributed by atoms with Gasteiger partial charge in [-0.1, -0.05) is 124 Å². The van der Waals surface area contributed by atoms with Crippen LogP contribution in [0.15, 0.2) is 152 Å². The molecular formula is C48H38N2. The Morgan fingerprint density at radius 1 is 0.480 bits per heavy atom. The average molecular weight is 643 g/mol. The van der Waals surface area contributed by atoms with E-state index in [-0.39, 0.29) is 5.41 Å². The van der Waals surface area contributed by atoms with Crippen LogP contribution in [0.4, 0.5) is 0 Å². The van der Waals surface area contributed by atoms with Crippen LogP contribution >= 0.6 is 0 Å². The number of nitrogens with zero attached hydrogens (tertiary/aromatic N) is 2. The van der Waals surface area contributed by atoms with Gasteiger partial charge in [0.15, 0.2) is 0 Å². The van der Waals surface area contributed by atoms with Crippen LogP contribution in [0.5, 0.6) is 0 Å². The van der Waals surface area contributed by atoms with Gasteiger partial charge < -0.3 is 0 Å². The summed E-state index contributed by atoms with van der Waals surface area (Å²) >= 11 is 0. The van der Waals surface area contributed by atoms with Crippen LogP contribution in [0.1, 0.15) is 37.5 Å². The maximum atomic E-state index is 4.59. The zero-order chi connectivity index (χ0) is 33.8. The number of aryl methyl sites for hydroxylation is 2. The van der Waals surface area contributed by atoms with E-state index in [0.717, 1.165) is 24.1 Å². The zero-order valence-electron chi connectivity index (χ0n) is 28.7. The summed E-state index contributed by atoms with van der Waals surface area (Å²) in [5, 5.41) is 5.53. The quantitative estimate of drug-likeness (QED) is 0.175. The van der Waals surface area contributed by atoms with Crippen molar-refractivity contribution in [1.29, 1.82) is 0 Å². The van der Waals surface area contributed by atoms with E-state index in [4.69, 9.17) is 0 Å². The molecule has 0 saturated heterocycles. The minimum absolute atomic E-state index is 0.101. The Morgan fingerprint density at radius 2 is 1.08 bits per heavy atom. The summed E-state index contributed by atoms with van der Waals surface area (Å²) in [5.41, 5.74) is 16.5. The second-order valence-electron chi connectivity index (χ2n) is 14.6. The number of pyridine rings is 2. The molecule has 0 radical (unpaired) electrons. The molecule has 9 rings (SSSR count). The molecule has 240 valence electrons. The van der Waals surface area contributed by atoms with Crippen molar-refractivity contribution in [3.05, 3.63) is 169 Å². The monoisotopic (exact) mass is 642 g/mol. The van der Waals surface area contributed by atoms with Crippen LogP contribution in [0.3, 0.4) is 0 Å². The Bertz CT molecular complexity index is 2510. The van der Waals surface area contributed by atoms with Gasteiger partial charge >= 0.3 is 0 Å². The van der Waals surface area contributed by atoms with Crippen molar-refractivity contribution in [1.82, 2.24) is 9.97 Å². The van der Waals surface area contributed by atoms with Gasteiger partial charge in [0.2, 0.25) is 0 Å². The summed E-state index contributed by atoms with van der Waals surface area (Å²) in [6.45, 7) is 6.96. The predicted molar refractivity (Wildman–Crippen MR) is 210 cm³/mol. The second-order valence-corrected chi connectivity index (χ2v) is 14.6. The molecule has 2 heteroatoms. The molecule has 2 nitrogen and oxygen atoms in total. The van der Waals surface area contributed by atoms with Crippen molar-refractivity contribution in [2.45, 2.75) is 39.0 Å². The molecule has 0 aliphatic heterocycles. The standard InChI is InChI=1S/C48H38N2/c1-48(2,3)40-28-38-19-21-41-43(35-13-11-32(12-14-35)31-7-9-33(10-8-31)34-23-26-49-27-24-34)30-44(42-22-20-39(29-40)46(38)47(41)42)36-15-17-37(18-16-36)45-6-4-5-25-50-45/h4-19,21,23-30H,20,22H2,1-3H3. The van der Waals surface area contributed by atoms with Crippen LogP contribution in [-0.2, 0) is 18.3 Å². The first-order chi connectivity index (χ1) is 24.4. The molecule has 2 aromatic heterocycles. The molecule has 6 aromatic carbocycles. The molecule has 2 heterocycles. The van der Waals surface area contributed by atoms with Crippen molar-refractivity contribution in [2.75, 3.05) is 0 Å². The Hall–Kier alpha value is -5.86. The van der Waals surface area contributed by atoms with Crippen molar-refractivity contribution >= 4 is 21.5 Å². The smallest absolute Gasteiger partial charge is 0.0701 e. The highest BCUT2D eigenvalue weighted by molar-refractivity contribution is 6.17. The van der Waals surface area contributed by atoms with E-state index >= 15 is 0 Å². The van der Waals surface area contributed by atoms with Gasteiger partial charge in [-0.15, -0.1) is 0 Å². The third-order valence-electron chi connectivity index (χ3n) is 10.5. The molecule has 0 fully saturated rings. The van der Waals surface area contributed by atoms with Gasteiger partial charge in [-0.05, 0) is 131 Å². The Kier molecular flexibility index (Phi) is 7.21. The van der Waals surface area contributed by atoms with Crippen LogP contribution < -0.4 is 0 Å². The SMILES string of the molecule is CC(C)(C)c1cc2c3c(ccc4c(-c5ccc(-c6ccc(-c7ccncc7)cc6)cc5)cc(-c5ccc(-c6ccccn6)cc5)c(c43)CC2)c1. The lowest BCUT2D eigenvalue weighted by Crippen LogP contribution is -2.13. The average Bonchev–Trinajstić information content (AvgIpc) is 3.17. The fourth-order valence-corrected chi connectivity index (χ4v) is 7.78. The van der Waals surface area contributed by atoms with Gasteiger partial charge in [0.1, 0.15) is 0 Å². The molecule has 0 unspecified atom stereocenters. The van der Waals surface area contributed by atoms with Gasteiger partial charge in [-0.25, -0.2) is 0 Å². The van der Waals surface area contributed by atoms with E-state index in [9.17, 15) is 0 Å². The number of benzene rings is 6. The first-order valence-electron chi connectivity index (χ1n) is 17.6. The van der Waals surface area contributed by atoms with E-state index in [1.54, 1.807) is 0 Å². The first kappa shape index (κ1) is 30.2. The number of aromatic nitrogens is 2. The van der Waals surface area contributed by atoms with E-state index in [1.165, 1.54) is 82.7 Å². The van der Waals surface area contributed by atoms with Crippen LogP contribution in [0.25, 0.3) is 77.3 Å². The maximum absolute atomic E-state index is 4.59. The summed E-state index contributed by atoms with van der Waals surface area (Å²) in [4.78, 5) is 8.75. The summed E-state index contributed by atoms with van der Waals surface area (Å²) in [7, 11) is 0. The molecule has 0 N–H and O–H groups in total. The second kappa shape index (κ2) is 11.9. The maximum Gasteiger partial charge on any atom is 0.0701 e. The normalized spacial score (nSPS) is 12.5. The highest BCUT2D eigenvalue weighted by atomic mass is 14.7. The van der Waals surface area contributed by atoms with Crippen LogP contribution in [0.2, 0.25) is 0 Å². The lowest BCUT2D eigenvalue weighted by molar-refractivity contribution is 0.590. The predicted octanol–water partition coefficient (Wildman–Crippen LogP) is 12.5. The van der Waals surface area contributed by atoms with Gasteiger partial charge in [-0.2, -0.15) is 0 Å². The largest absolute Gasteiger partial charge is 0.265 e. The van der Waals surface area contributed by atoms with Crippen molar-refractivity contribution in [3.8, 4) is 55.8 Å². The summed E-state index contributed by atoms with van der Waals surface area (Å²) < 4.78 is 0. The molecule has 1 aliphatic carbocycles. The highest BCUT2D eigenvalue weighted by Crippen LogP contribution is 2.46. The molecule has 8 aromatic rings. The third kappa shape index (κ3) is 5.29. The van der Waals surface area contributed by atoms with Gasteiger partial charge in [0, 0.05) is 24.2 Å². The lowest BCUT2D eigenvalue weighted by atomic mass is 9.77. The van der Waals surface area contributed by atoms with Crippen molar-refractivity contribution in [3.63, 3.8) is 0 Å². The lowest BCUT2D eigenvalue weighted by Gasteiger charge is -2.27. The molecule has 0 amide bonds. The van der Waals surface area contributed by atoms with E-state index in [1.807, 2.05) is 30.7 Å². The van der Waals surface area contributed by atoms with Crippen molar-refractivity contribution in [2.24, 2.45) is 0 Å². The van der Waals surface area contributed by atoms with Crippen LogP contribution in [-0.4, -0.2) is 9.97 Å². The van der Waals surface area contributed by atoms with Crippen molar-refractivity contribution < 1.29 is 0 Å². The fourth-order valence-electron chi connectivity index (χ4n) is 7.78. The fraction of sp³-hybridized carbons (Fsp3) is 0.125. The minimum atomic E-state index is 0.101. The highest BCUT2D eigenvalue weighted by Gasteiger charge is 2.24. The molecule has 0 bridgehead atoms. The summed E-state index contributed by atoms with van der Waals surface area (Å²) in [6, 6.07) is 49.2. The van der Waals surface area contributed by atoms with Gasteiger partial charge in [0.05, 0.1) is 5.69 Å². The topological polar surface area (TPSA) is 25.8 Å². The van der Waals surface area contributed by atoms with E-state index in [2.05, 4.69) is 152 Å². The van der Waals surface area contributed by atoms with E-state index in [0.29, 0.717) is 0 Å². The molecule has 1 aliphatic rings. The molecular weight excluding hydrogens is 605 g/mol. The van der Waals surface area contributed by atoms with Gasteiger partial charge in [0.25, 0.3) is 0 Å². The molecule has 0 atom stereocenters. The Balaban J connectivity index is 1.19. The van der Waals surface area contributed by atoms with Gasteiger partial charge in [-0.3, -0.25) is 9.97 Å². The number of hydrogen-bond acceptors (Lipinski definition) is 2. The Morgan fingerprint density at radius 3 is 1.70 bits per heavy atom. The number of hydrogen-bond donors (Lipinski definition) is 0. The number of rotatable bonds is 5. The first-order valence-corrected chi connectivity index (χ1v) is 17.6. The summed E-state index contributed by atoms with van der Waals surface area (Å²) in [5.74, 6) is 0. The molecule has 50 heavy (non-hydrogen) atoms. The minimum Gasteiger partial charge on any atom is -0.265 e. The zero-order valence-corrected chi connectivity index (χ0v) is 28.7. The molecule has 0 spiro atoms. The summed E-state index contributed by atoms with van der Waals surface area (Å²) in [6.07, 6.45) is 7.63. The van der Waals surface area contributed by atoms with Crippen LogP contribution in [0, 0.1) is 0 Å². The third-order valence-corrected chi connectivity index (χ3v) is 10.5. The molecule has 0 saturated carbocycles. The Labute approximate surface area is 294 Å².